The summed E-state index contributed by atoms with van der Waals surface area (Å²) in [4.78, 5) is 0. The van der Waals surface area contributed by atoms with Crippen LogP contribution < -0.4 is 5.32 Å². The van der Waals surface area contributed by atoms with Crippen LogP contribution in [-0.4, -0.2) is 18.4 Å². The molecule has 3 fully saturated rings. The second-order valence-electron chi connectivity index (χ2n) is 6.22. The molecule has 2 saturated carbocycles. The van der Waals surface area contributed by atoms with Crippen molar-refractivity contribution in [3.8, 4) is 0 Å². The third-order valence-electron chi connectivity index (χ3n) is 3.93. The van der Waals surface area contributed by atoms with Crippen LogP contribution in [0, 0.1) is 11.3 Å². The van der Waals surface area contributed by atoms with E-state index in [1.54, 1.807) is 0 Å². The van der Waals surface area contributed by atoms with Crippen molar-refractivity contribution in [3.63, 3.8) is 0 Å². The maximum absolute atomic E-state index is 6.26. The summed E-state index contributed by atoms with van der Waals surface area (Å²) >= 11 is 0. The Morgan fingerprint density at radius 1 is 1.14 bits per heavy atom. The molecule has 0 amide bonds. The van der Waals surface area contributed by atoms with E-state index in [1.165, 1.54) is 32.1 Å². The van der Waals surface area contributed by atoms with Crippen LogP contribution in [0.5, 0.6) is 0 Å². The molecule has 3 rings (SSSR count). The van der Waals surface area contributed by atoms with E-state index in [9.17, 15) is 0 Å². The molecule has 2 aliphatic carbocycles. The molecule has 1 heterocycles. The molecule has 1 spiro atoms. The van der Waals surface area contributed by atoms with Crippen LogP contribution in [-0.2, 0) is 4.74 Å². The van der Waals surface area contributed by atoms with Crippen LogP contribution in [0.3, 0.4) is 0 Å². The van der Waals surface area contributed by atoms with E-state index in [0.717, 1.165) is 12.5 Å². The summed E-state index contributed by atoms with van der Waals surface area (Å²) < 4.78 is 6.26. The van der Waals surface area contributed by atoms with Gasteiger partial charge in [-0.3, -0.25) is 5.32 Å². The Morgan fingerprint density at radius 2 is 1.86 bits per heavy atom. The lowest BCUT2D eigenvalue weighted by atomic mass is 9.65. The molecule has 1 aliphatic heterocycles. The first-order valence-electron chi connectivity index (χ1n) is 6.02. The van der Waals surface area contributed by atoms with Crippen LogP contribution in [0.1, 0.15) is 46.0 Å². The molecule has 1 saturated heterocycles. The van der Waals surface area contributed by atoms with Crippen LogP contribution in [0.4, 0.5) is 0 Å². The highest BCUT2D eigenvalue weighted by Crippen LogP contribution is 2.52. The van der Waals surface area contributed by atoms with Crippen molar-refractivity contribution in [2.24, 2.45) is 11.3 Å². The minimum Gasteiger partial charge on any atom is -0.357 e. The second kappa shape index (κ2) is 2.73. The van der Waals surface area contributed by atoms with Crippen LogP contribution in [0.2, 0.25) is 0 Å². The monoisotopic (exact) mass is 195 g/mol. The van der Waals surface area contributed by atoms with Gasteiger partial charge < -0.3 is 4.74 Å². The van der Waals surface area contributed by atoms with E-state index in [4.69, 9.17) is 4.74 Å². The van der Waals surface area contributed by atoms with Crippen LogP contribution in [0.15, 0.2) is 0 Å². The quantitative estimate of drug-likeness (QED) is 0.693. The predicted molar refractivity (Wildman–Crippen MR) is 56.0 cm³/mol. The molecular formula is C12H21NO. The first-order valence-corrected chi connectivity index (χ1v) is 6.02. The van der Waals surface area contributed by atoms with Gasteiger partial charge in [-0.05, 0) is 43.4 Å². The van der Waals surface area contributed by atoms with Crippen molar-refractivity contribution in [1.82, 2.24) is 5.32 Å². The Hall–Kier alpha value is -0.0800. The molecule has 1 N–H and O–H groups in total. The molecule has 3 aliphatic rings. The molecule has 1 atom stereocenters. The summed E-state index contributed by atoms with van der Waals surface area (Å²) in [6.07, 6.45) is 7.01. The predicted octanol–water partition coefficient (Wildman–Crippen LogP) is 2.29. The van der Waals surface area contributed by atoms with Crippen LogP contribution >= 0.6 is 0 Å². The lowest BCUT2D eigenvalue weighted by Crippen LogP contribution is -2.64. The van der Waals surface area contributed by atoms with Gasteiger partial charge in [0.15, 0.2) is 0 Å². The first-order chi connectivity index (χ1) is 6.59. The fourth-order valence-electron chi connectivity index (χ4n) is 3.34. The molecule has 0 aromatic rings. The molecule has 0 aromatic heterocycles. The molecule has 0 radical (unpaired) electrons. The number of hydrogen-bond donors (Lipinski definition) is 1. The molecule has 80 valence electrons. The Kier molecular flexibility index (Phi) is 1.79. The molecule has 2 heteroatoms. The average molecular weight is 195 g/mol. The zero-order valence-electron chi connectivity index (χ0n) is 9.31. The molecule has 1 unspecified atom stereocenters. The highest BCUT2D eigenvalue weighted by Gasteiger charge is 2.53. The van der Waals surface area contributed by atoms with Gasteiger partial charge in [0, 0.05) is 6.54 Å². The molecular weight excluding hydrogens is 174 g/mol. The van der Waals surface area contributed by atoms with E-state index in [2.05, 4.69) is 19.2 Å². The first kappa shape index (κ1) is 9.17. The number of hydrogen-bond acceptors (Lipinski definition) is 2. The van der Waals surface area contributed by atoms with Crippen molar-refractivity contribution < 1.29 is 4.74 Å². The second-order valence-corrected chi connectivity index (χ2v) is 6.22. The number of rotatable bonds is 1. The van der Waals surface area contributed by atoms with E-state index in [-0.39, 0.29) is 5.72 Å². The Labute approximate surface area is 86.4 Å². The normalized spacial score (nSPS) is 39.4. The van der Waals surface area contributed by atoms with Crippen LogP contribution in [0.25, 0.3) is 0 Å². The largest absolute Gasteiger partial charge is 0.357 e. The third kappa shape index (κ3) is 1.49. The zero-order chi connectivity index (χ0) is 9.81. The van der Waals surface area contributed by atoms with Crippen molar-refractivity contribution in [3.05, 3.63) is 0 Å². The molecule has 2 nitrogen and oxygen atoms in total. The minimum absolute atomic E-state index is 0.0784. The summed E-state index contributed by atoms with van der Waals surface area (Å²) in [6, 6.07) is 0. The fraction of sp³-hybridized carbons (Fsp3) is 1.00. The van der Waals surface area contributed by atoms with Gasteiger partial charge in [-0.1, -0.05) is 13.8 Å². The summed E-state index contributed by atoms with van der Waals surface area (Å²) in [5.41, 5.74) is 0.577. The Morgan fingerprint density at radius 3 is 2.43 bits per heavy atom. The molecule has 14 heavy (non-hydrogen) atoms. The van der Waals surface area contributed by atoms with Gasteiger partial charge in [0.2, 0.25) is 0 Å². The molecule has 0 aromatic carbocycles. The smallest absolute Gasteiger partial charge is 0.120 e. The van der Waals surface area contributed by atoms with E-state index in [1.807, 2.05) is 0 Å². The number of ether oxygens (including phenoxy) is 1. The van der Waals surface area contributed by atoms with Crippen molar-refractivity contribution >= 4 is 0 Å². The summed E-state index contributed by atoms with van der Waals surface area (Å²) in [6.45, 7) is 5.84. The van der Waals surface area contributed by atoms with Crippen molar-refractivity contribution in [2.75, 3.05) is 6.54 Å². The van der Waals surface area contributed by atoms with Gasteiger partial charge in [0.1, 0.15) is 5.72 Å². The standard InChI is InChI=1S/C12H21NO/c1-11(2)7-12(8-11)13-6-5-10(14-12)9-3-4-9/h9-10,13H,3-8H2,1-2H3. The lowest BCUT2D eigenvalue weighted by molar-refractivity contribution is -0.228. The Balaban J connectivity index is 1.64. The van der Waals surface area contributed by atoms with Gasteiger partial charge in [-0.15, -0.1) is 0 Å². The van der Waals surface area contributed by atoms with Crippen molar-refractivity contribution in [2.45, 2.75) is 57.8 Å². The Bertz CT molecular complexity index is 237. The molecule has 0 bridgehead atoms. The summed E-state index contributed by atoms with van der Waals surface area (Å²) in [5, 5.41) is 3.58. The SMILES string of the molecule is CC1(C)CC2(C1)NCCC(C1CC1)O2. The van der Waals surface area contributed by atoms with E-state index < -0.39 is 0 Å². The van der Waals surface area contributed by atoms with Gasteiger partial charge >= 0.3 is 0 Å². The van der Waals surface area contributed by atoms with Crippen molar-refractivity contribution in [1.29, 1.82) is 0 Å². The fourth-order valence-corrected chi connectivity index (χ4v) is 3.34. The lowest BCUT2D eigenvalue weighted by Gasteiger charge is -2.56. The topological polar surface area (TPSA) is 21.3 Å². The average Bonchev–Trinajstić information content (AvgIpc) is 2.82. The van der Waals surface area contributed by atoms with Gasteiger partial charge in [-0.2, -0.15) is 0 Å². The zero-order valence-corrected chi connectivity index (χ0v) is 9.31. The highest BCUT2D eigenvalue weighted by atomic mass is 16.5. The van der Waals surface area contributed by atoms with Gasteiger partial charge in [-0.25, -0.2) is 0 Å². The van der Waals surface area contributed by atoms with Gasteiger partial charge in [0.25, 0.3) is 0 Å². The maximum Gasteiger partial charge on any atom is 0.120 e. The maximum atomic E-state index is 6.26. The van der Waals surface area contributed by atoms with Gasteiger partial charge in [0.05, 0.1) is 6.10 Å². The van der Waals surface area contributed by atoms with E-state index in [0.29, 0.717) is 11.5 Å². The number of nitrogens with one attached hydrogen (secondary N) is 1. The minimum atomic E-state index is 0.0784. The highest BCUT2D eigenvalue weighted by molar-refractivity contribution is 5.02. The van der Waals surface area contributed by atoms with E-state index >= 15 is 0 Å². The summed E-state index contributed by atoms with van der Waals surface area (Å²) in [7, 11) is 0. The summed E-state index contributed by atoms with van der Waals surface area (Å²) in [5.74, 6) is 0.901. The third-order valence-corrected chi connectivity index (χ3v) is 3.93.